The van der Waals surface area contributed by atoms with Crippen LogP contribution in [-0.2, 0) is 21.5 Å². The van der Waals surface area contributed by atoms with Crippen molar-refractivity contribution in [2.45, 2.75) is 25.4 Å². The average molecular weight is 381 g/mol. The fourth-order valence-corrected chi connectivity index (χ4v) is 4.78. The second kappa shape index (κ2) is 8.04. The number of hydrogen-bond donors (Lipinski definition) is 0. The van der Waals surface area contributed by atoms with Crippen molar-refractivity contribution in [3.8, 4) is 0 Å². The molecule has 2 aliphatic rings. The summed E-state index contributed by atoms with van der Waals surface area (Å²) in [6.45, 7) is 3.50. The molecule has 0 saturated carbocycles. The molecule has 3 rings (SSSR count). The number of carbonyl (C=O) groups excluding carboxylic acids is 1. The Morgan fingerprint density at radius 2 is 1.69 bits per heavy atom. The number of hydrogen-bond acceptors (Lipinski definition) is 4. The van der Waals surface area contributed by atoms with Gasteiger partial charge in [0.25, 0.3) is 10.2 Å². The molecular formula is C18H28N4O3S. The molecule has 0 N–H and O–H groups in total. The van der Waals surface area contributed by atoms with Gasteiger partial charge in [0.2, 0.25) is 5.91 Å². The lowest BCUT2D eigenvalue weighted by Gasteiger charge is -2.42. The Bertz CT molecular complexity index is 715. The molecule has 2 heterocycles. The molecule has 1 aromatic rings. The molecule has 2 fully saturated rings. The van der Waals surface area contributed by atoms with Crippen LogP contribution >= 0.6 is 0 Å². The highest BCUT2D eigenvalue weighted by Gasteiger charge is 2.37. The van der Waals surface area contributed by atoms with Crippen molar-refractivity contribution < 1.29 is 13.2 Å². The Morgan fingerprint density at radius 1 is 1.04 bits per heavy atom. The van der Waals surface area contributed by atoms with Crippen LogP contribution in [0, 0.1) is 0 Å². The first kappa shape index (κ1) is 19.3. The van der Waals surface area contributed by atoms with Crippen LogP contribution in [0.5, 0.6) is 0 Å². The summed E-state index contributed by atoms with van der Waals surface area (Å²) in [5, 5.41) is 0. The topological polar surface area (TPSA) is 64.2 Å². The average Bonchev–Trinajstić information content (AvgIpc) is 2.64. The molecule has 0 bridgehead atoms. The summed E-state index contributed by atoms with van der Waals surface area (Å²) in [7, 11) is -0.276. The number of piperazine rings is 1. The third-order valence-electron chi connectivity index (χ3n) is 5.22. The maximum Gasteiger partial charge on any atom is 0.281 e. The van der Waals surface area contributed by atoms with E-state index in [1.165, 1.54) is 8.61 Å². The van der Waals surface area contributed by atoms with E-state index in [-0.39, 0.29) is 11.9 Å². The second-order valence-corrected chi connectivity index (χ2v) is 9.27. The Balaban J connectivity index is 1.60. The Morgan fingerprint density at radius 3 is 2.31 bits per heavy atom. The Kier molecular flexibility index (Phi) is 5.96. The van der Waals surface area contributed by atoms with Gasteiger partial charge in [-0.2, -0.15) is 17.0 Å². The van der Waals surface area contributed by atoms with Crippen LogP contribution in [0.3, 0.4) is 0 Å². The van der Waals surface area contributed by atoms with Crippen LogP contribution in [0.15, 0.2) is 30.3 Å². The van der Waals surface area contributed by atoms with Gasteiger partial charge in [0.05, 0.1) is 6.04 Å². The molecule has 8 heteroatoms. The van der Waals surface area contributed by atoms with E-state index < -0.39 is 10.2 Å². The lowest BCUT2D eigenvalue weighted by atomic mass is 10.0. The quantitative estimate of drug-likeness (QED) is 0.751. The minimum atomic E-state index is -3.37. The first-order chi connectivity index (χ1) is 12.4. The molecule has 7 nitrogen and oxygen atoms in total. The molecule has 2 aliphatic heterocycles. The van der Waals surface area contributed by atoms with E-state index in [0.29, 0.717) is 32.7 Å². The predicted molar refractivity (Wildman–Crippen MR) is 101 cm³/mol. The van der Waals surface area contributed by atoms with Crippen molar-refractivity contribution >= 4 is 16.1 Å². The smallest absolute Gasteiger partial charge is 0.281 e. The summed E-state index contributed by atoms with van der Waals surface area (Å²) >= 11 is 0. The highest BCUT2D eigenvalue weighted by Crippen LogP contribution is 2.21. The van der Waals surface area contributed by atoms with Crippen LogP contribution in [0.4, 0.5) is 0 Å². The van der Waals surface area contributed by atoms with Gasteiger partial charge >= 0.3 is 0 Å². The van der Waals surface area contributed by atoms with Gasteiger partial charge in [0.15, 0.2) is 0 Å². The maximum atomic E-state index is 13.0. The van der Waals surface area contributed by atoms with E-state index in [2.05, 4.69) is 4.90 Å². The summed E-state index contributed by atoms with van der Waals surface area (Å²) in [6, 6.07) is 9.92. The van der Waals surface area contributed by atoms with Crippen LogP contribution in [0.25, 0.3) is 0 Å². The zero-order valence-corrected chi connectivity index (χ0v) is 16.4. The molecule has 1 amide bonds. The molecule has 0 unspecified atom stereocenters. The van der Waals surface area contributed by atoms with E-state index in [1.807, 2.05) is 35.2 Å². The first-order valence-electron chi connectivity index (χ1n) is 9.14. The van der Waals surface area contributed by atoms with E-state index >= 15 is 0 Å². The predicted octanol–water partition coefficient (Wildman–Crippen LogP) is 0.602. The minimum absolute atomic E-state index is 0.128. The zero-order chi connectivity index (χ0) is 18.7. The Hall–Kier alpha value is -1.48. The number of amides is 1. The summed E-state index contributed by atoms with van der Waals surface area (Å²) in [6.07, 6.45) is 1.84. The van der Waals surface area contributed by atoms with Crippen LogP contribution in [-0.4, -0.2) is 85.6 Å². The molecule has 0 spiro atoms. The van der Waals surface area contributed by atoms with E-state index in [1.54, 1.807) is 14.1 Å². The molecular weight excluding hydrogens is 352 g/mol. The summed E-state index contributed by atoms with van der Waals surface area (Å²) in [5.74, 6) is 0.170. The van der Waals surface area contributed by atoms with E-state index in [9.17, 15) is 13.2 Å². The molecule has 0 radical (unpaired) electrons. The standard InChI is InChI=1S/C18H28N4O3S/c1-19(2)26(24,25)22-13-11-20(12-14-22)17-9-6-10-21(18(17)23)15-16-7-4-3-5-8-16/h3-5,7-8,17H,6,9-15H2,1-2H3/t17-/m0/s1. The maximum absolute atomic E-state index is 13.0. The van der Waals surface area contributed by atoms with E-state index in [4.69, 9.17) is 0 Å². The SMILES string of the molecule is CN(C)S(=O)(=O)N1CCN([C@H]2CCCN(Cc3ccccc3)C2=O)CC1. The van der Waals surface area contributed by atoms with Gasteiger partial charge in [-0.3, -0.25) is 9.69 Å². The van der Waals surface area contributed by atoms with Gasteiger partial charge in [-0.05, 0) is 18.4 Å². The van der Waals surface area contributed by atoms with Gasteiger partial charge in [-0.15, -0.1) is 0 Å². The summed E-state index contributed by atoms with van der Waals surface area (Å²) < 4.78 is 27.2. The van der Waals surface area contributed by atoms with Crippen molar-refractivity contribution in [2.24, 2.45) is 0 Å². The third kappa shape index (κ3) is 4.09. The number of carbonyl (C=O) groups is 1. The number of benzene rings is 1. The molecule has 26 heavy (non-hydrogen) atoms. The number of likely N-dealkylation sites (tertiary alicyclic amines) is 1. The van der Waals surface area contributed by atoms with Gasteiger partial charge in [0, 0.05) is 53.4 Å². The van der Waals surface area contributed by atoms with Gasteiger partial charge < -0.3 is 4.90 Å². The minimum Gasteiger partial charge on any atom is -0.337 e. The first-order valence-corrected chi connectivity index (χ1v) is 10.5. The van der Waals surface area contributed by atoms with Gasteiger partial charge in [0.1, 0.15) is 0 Å². The summed E-state index contributed by atoms with van der Waals surface area (Å²) in [5.41, 5.74) is 1.14. The molecule has 1 atom stereocenters. The molecule has 0 aliphatic carbocycles. The van der Waals surface area contributed by atoms with Crippen molar-refractivity contribution in [3.05, 3.63) is 35.9 Å². The van der Waals surface area contributed by atoms with Crippen molar-refractivity contribution in [1.29, 1.82) is 0 Å². The number of nitrogens with zero attached hydrogens (tertiary/aromatic N) is 4. The zero-order valence-electron chi connectivity index (χ0n) is 15.5. The fraction of sp³-hybridized carbons (Fsp3) is 0.611. The highest BCUT2D eigenvalue weighted by molar-refractivity contribution is 7.86. The normalized spacial score (nSPS) is 23.6. The van der Waals surface area contributed by atoms with Gasteiger partial charge in [-0.1, -0.05) is 30.3 Å². The second-order valence-electron chi connectivity index (χ2n) is 7.13. The lowest BCUT2D eigenvalue weighted by Crippen LogP contribution is -2.59. The molecule has 1 aromatic carbocycles. The van der Waals surface area contributed by atoms with Crippen LogP contribution in [0.2, 0.25) is 0 Å². The van der Waals surface area contributed by atoms with E-state index in [0.717, 1.165) is 24.9 Å². The lowest BCUT2D eigenvalue weighted by molar-refractivity contribution is -0.141. The largest absolute Gasteiger partial charge is 0.337 e. The fourth-order valence-electron chi connectivity index (χ4n) is 3.70. The van der Waals surface area contributed by atoms with Gasteiger partial charge in [-0.25, -0.2) is 0 Å². The molecule has 0 aromatic heterocycles. The molecule has 2 saturated heterocycles. The molecule has 144 valence electrons. The monoisotopic (exact) mass is 380 g/mol. The highest BCUT2D eigenvalue weighted by atomic mass is 32.2. The van der Waals surface area contributed by atoms with Crippen LogP contribution < -0.4 is 0 Å². The summed E-state index contributed by atoms with van der Waals surface area (Å²) in [4.78, 5) is 17.1. The van der Waals surface area contributed by atoms with Crippen molar-refractivity contribution in [1.82, 2.24) is 18.4 Å². The van der Waals surface area contributed by atoms with Crippen molar-refractivity contribution in [3.63, 3.8) is 0 Å². The number of piperidine rings is 1. The van der Waals surface area contributed by atoms with Crippen LogP contribution in [0.1, 0.15) is 18.4 Å². The number of rotatable bonds is 5. The van der Waals surface area contributed by atoms with Crippen molar-refractivity contribution in [2.75, 3.05) is 46.8 Å². The third-order valence-corrected chi connectivity index (χ3v) is 7.16. The Labute approximate surface area is 156 Å².